The third kappa shape index (κ3) is 3.75. The number of carbonyl (C=O) groups excluding carboxylic acids is 1. The Bertz CT molecular complexity index is 896. The van der Waals surface area contributed by atoms with E-state index in [-0.39, 0.29) is 11.9 Å². The standard InChI is InChI=1S/C22H28N4O2/c1-16-6-7-18(13-17(16)2)19-14-21(20-5-4-8-24(20)3)26(23-19)22(27)15-25-9-11-28-12-10-25/h4-8,13,21H,9-12,14-15H2,1-3H3. The number of benzene rings is 1. The van der Waals surface area contributed by atoms with E-state index in [2.05, 4.69) is 47.6 Å². The summed E-state index contributed by atoms with van der Waals surface area (Å²) < 4.78 is 7.48. The Morgan fingerprint density at radius 1 is 1.18 bits per heavy atom. The summed E-state index contributed by atoms with van der Waals surface area (Å²) in [6.07, 6.45) is 2.75. The lowest BCUT2D eigenvalue weighted by molar-refractivity contribution is -0.135. The average Bonchev–Trinajstić information content (AvgIpc) is 3.31. The maximum Gasteiger partial charge on any atom is 0.257 e. The molecule has 1 fully saturated rings. The van der Waals surface area contributed by atoms with Crippen LogP contribution in [-0.2, 0) is 16.6 Å². The van der Waals surface area contributed by atoms with Gasteiger partial charge in [-0.1, -0.05) is 12.1 Å². The lowest BCUT2D eigenvalue weighted by Crippen LogP contribution is -2.43. The first-order valence-corrected chi connectivity index (χ1v) is 9.91. The van der Waals surface area contributed by atoms with E-state index in [4.69, 9.17) is 9.84 Å². The van der Waals surface area contributed by atoms with Crippen LogP contribution in [0.3, 0.4) is 0 Å². The van der Waals surface area contributed by atoms with Gasteiger partial charge in [0.1, 0.15) is 6.04 Å². The third-order valence-electron chi connectivity index (χ3n) is 5.79. The summed E-state index contributed by atoms with van der Waals surface area (Å²) in [5.74, 6) is 0.0481. The molecule has 1 aromatic heterocycles. The molecule has 0 radical (unpaired) electrons. The van der Waals surface area contributed by atoms with Crippen molar-refractivity contribution in [3.63, 3.8) is 0 Å². The molecule has 28 heavy (non-hydrogen) atoms. The molecule has 6 heteroatoms. The molecule has 148 valence electrons. The molecule has 0 spiro atoms. The number of aromatic nitrogens is 1. The molecular formula is C22H28N4O2. The maximum absolute atomic E-state index is 13.2. The molecule has 6 nitrogen and oxygen atoms in total. The first kappa shape index (κ1) is 18.9. The van der Waals surface area contributed by atoms with E-state index in [1.165, 1.54) is 11.1 Å². The number of rotatable bonds is 4. The Balaban J connectivity index is 1.62. The predicted octanol–water partition coefficient (Wildman–Crippen LogP) is 2.65. The minimum Gasteiger partial charge on any atom is -0.379 e. The van der Waals surface area contributed by atoms with Gasteiger partial charge < -0.3 is 9.30 Å². The highest BCUT2D eigenvalue weighted by atomic mass is 16.5. The molecule has 1 atom stereocenters. The van der Waals surface area contributed by atoms with Crippen LogP contribution in [0.1, 0.15) is 34.8 Å². The van der Waals surface area contributed by atoms with E-state index in [1.54, 1.807) is 5.01 Å². The van der Waals surface area contributed by atoms with E-state index in [0.29, 0.717) is 19.8 Å². The lowest BCUT2D eigenvalue weighted by atomic mass is 9.98. The fourth-order valence-corrected chi connectivity index (χ4v) is 3.91. The number of morpholine rings is 1. The van der Waals surface area contributed by atoms with Crippen molar-refractivity contribution in [3.05, 3.63) is 58.9 Å². The van der Waals surface area contributed by atoms with Gasteiger partial charge in [-0.3, -0.25) is 9.69 Å². The van der Waals surface area contributed by atoms with Crippen LogP contribution in [0.5, 0.6) is 0 Å². The van der Waals surface area contributed by atoms with E-state index in [0.717, 1.165) is 36.5 Å². The molecule has 1 saturated heterocycles. The fraction of sp³-hybridized carbons (Fsp3) is 0.455. The van der Waals surface area contributed by atoms with Crippen LogP contribution in [0.25, 0.3) is 0 Å². The second-order valence-electron chi connectivity index (χ2n) is 7.74. The highest BCUT2D eigenvalue weighted by Gasteiger charge is 2.35. The van der Waals surface area contributed by atoms with Crippen molar-refractivity contribution < 1.29 is 9.53 Å². The van der Waals surface area contributed by atoms with E-state index in [1.807, 2.05) is 19.3 Å². The van der Waals surface area contributed by atoms with Crippen molar-refractivity contribution in [2.75, 3.05) is 32.8 Å². The number of ether oxygens (including phenoxy) is 1. The Morgan fingerprint density at radius 2 is 1.96 bits per heavy atom. The molecule has 0 bridgehead atoms. The van der Waals surface area contributed by atoms with Gasteiger partial charge in [0, 0.05) is 38.4 Å². The Hall–Kier alpha value is -2.44. The maximum atomic E-state index is 13.2. The van der Waals surface area contributed by atoms with Crippen molar-refractivity contribution >= 4 is 11.6 Å². The Kier molecular flexibility index (Phi) is 5.33. The fourth-order valence-electron chi connectivity index (χ4n) is 3.91. The number of hydrogen-bond donors (Lipinski definition) is 0. The van der Waals surface area contributed by atoms with Crippen LogP contribution in [0.15, 0.2) is 41.6 Å². The molecular weight excluding hydrogens is 352 g/mol. The van der Waals surface area contributed by atoms with Crippen LogP contribution < -0.4 is 0 Å². The lowest BCUT2D eigenvalue weighted by Gasteiger charge is -2.29. The van der Waals surface area contributed by atoms with Crippen LogP contribution >= 0.6 is 0 Å². The molecule has 1 unspecified atom stereocenters. The third-order valence-corrected chi connectivity index (χ3v) is 5.79. The molecule has 1 aromatic carbocycles. The highest BCUT2D eigenvalue weighted by molar-refractivity contribution is 6.03. The number of carbonyl (C=O) groups is 1. The summed E-state index contributed by atoms with van der Waals surface area (Å²) in [4.78, 5) is 15.3. The largest absolute Gasteiger partial charge is 0.379 e. The van der Waals surface area contributed by atoms with E-state index in [9.17, 15) is 4.79 Å². The minimum absolute atomic E-state index is 0.0481. The van der Waals surface area contributed by atoms with Crippen molar-refractivity contribution in [2.24, 2.45) is 12.1 Å². The molecule has 0 aliphatic carbocycles. The Morgan fingerprint density at radius 3 is 2.64 bits per heavy atom. The number of aryl methyl sites for hydroxylation is 3. The van der Waals surface area contributed by atoms with Crippen LogP contribution in [0.4, 0.5) is 0 Å². The number of hydrogen-bond acceptors (Lipinski definition) is 4. The molecule has 4 rings (SSSR count). The summed E-state index contributed by atoms with van der Waals surface area (Å²) in [5, 5.41) is 6.51. The van der Waals surface area contributed by atoms with Crippen molar-refractivity contribution in [2.45, 2.75) is 26.3 Å². The SMILES string of the molecule is Cc1ccc(C2=NN(C(=O)CN3CCOCC3)C(c3cccn3C)C2)cc1C. The predicted molar refractivity (Wildman–Crippen MR) is 109 cm³/mol. The topological polar surface area (TPSA) is 50.1 Å². The van der Waals surface area contributed by atoms with Gasteiger partial charge in [0.25, 0.3) is 5.91 Å². The molecule has 1 amide bonds. The zero-order chi connectivity index (χ0) is 19.7. The van der Waals surface area contributed by atoms with E-state index < -0.39 is 0 Å². The Labute approximate surface area is 166 Å². The summed E-state index contributed by atoms with van der Waals surface area (Å²) in [6, 6.07) is 10.4. The second-order valence-corrected chi connectivity index (χ2v) is 7.74. The molecule has 0 saturated carbocycles. The molecule has 3 heterocycles. The normalized spacial score (nSPS) is 20.5. The van der Waals surface area contributed by atoms with Crippen molar-refractivity contribution in [1.82, 2.24) is 14.5 Å². The van der Waals surface area contributed by atoms with Gasteiger partial charge in [-0.05, 0) is 48.7 Å². The van der Waals surface area contributed by atoms with Crippen LogP contribution in [0, 0.1) is 13.8 Å². The highest BCUT2D eigenvalue weighted by Crippen LogP contribution is 2.33. The molecule has 2 aliphatic heterocycles. The van der Waals surface area contributed by atoms with Gasteiger partial charge in [-0.2, -0.15) is 5.10 Å². The van der Waals surface area contributed by atoms with Crippen molar-refractivity contribution in [3.8, 4) is 0 Å². The first-order valence-electron chi connectivity index (χ1n) is 9.91. The molecule has 2 aromatic rings. The van der Waals surface area contributed by atoms with E-state index >= 15 is 0 Å². The number of hydrazone groups is 1. The summed E-state index contributed by atoms with van der Waals surface area (Å²) in [5.41, 5.74) is 5.70. The van der Waals surface area contributed by atoms with Crippen molar-refractivity contribution in [1.29, 1.82) is 0 Å². The van der Waals surface area contributed by atoms with Crippen LogP contribution in [0.2, 0.25) is 0 Å². The zero-order valence-electron chi connectivity index (χ0n) is 16.9. The molecule has 2 aliphatic rings. The van der Waals surface area contributed by atoms with Gasteiger partial charge in [-0.25, -0.2) is 5.01 Å². The van der Waals surface area contributed by atoms with Gasteiger partial charge in [-0.15, -0.1) is 0 Å². The average molecular weight is 380 g/mol. The smallest absolute Gasteiger partial charge is 0.257 e. The van der Waals surface area contributed by atoms with Gasteiger partial charge in [0.2, 0.25) is 0 Å². The minimum atomic E-state index is -0.0647. The van der Waals surface area contributed by atoms with Gasteiger partial charge in [0.05, 0.1) is 25.5 Å². The molecule has 0 N–H and O–H groups in total. The zero-order valence-corrected chi connectivity index (χ0v) is 16.9. The van der Waals surface area contributed by atoms with Gasteiger partial charge in [0.15, 0.2) is 0 Å². The van der Waals surface area contributed by atoms with Gasteiger partial charge >= 0.3 is 0 Å². The monoisotopic (exact) mass is 380 g/mol. The quantitative estimate of drug-likeness (QED) is 0.819. The van der Waals surface area contributed by atoms with Crippen LogP contribution in [-0.4, -0.2) is 58.9 Å². The number of amides is 1. The summed E-state index contributed by atoms with van der Waals surface area (Å²) in [6.45, 7) is 7.57. The first-order chi connectivity index (χ1) is 13.5. The summed E-state index contributed by atoms with van der Waals surface area (Å²) >= 11 is 0. The second kappa shape index (κ2) is 7.89. The number of nitrogens with zero attached hydrogens (tertiary/aromatic N) is 4. The summed E-state index contributed by atoms with van der Waals surface area (Å²) in [7, 11) is 2.02.